The van der Waals surface area contributed by atoms with Crippen molar-refractivity contribution >= 4 is 11.6 Å². The number of rotatable bonds is 3. The van der Waals surface area contributed by atoms with E-state index in [0.29, 0.717) is 19.5 Å². The number of nitrogens with one attached hydrogen (secondary N) is 1. The lowest BCUT2D eigenvalue weighted by atomic mass is 10.2. The van der Waals surface area contributed by atoms with Gasteiger partial charge in [-0.2, -0.15) is 0 Å². The molecule has 1 aromatic rings. The molecule has 1 amide bonds. The van der Waals surface area contributed by atoms with Crippen molar-refractivity contribution < 1.29 is 9.18 Å². The van der Waals surface area contributed by atoms with E-state index < -0.39 is 0 Å². The molecular weight excluding hydrogens is 207 g/mol. The van der Waals surface area contributed by atoms with Crippen LogP contribution in [0.1, 0.15) is 12.0 Å². The third kappa shape index (κ3) is 2.07. The van der Waals surface area contributed by atoms with Crippen molar-refractivity contribution in [2.75, 3.05) is 25.0 Å². The fourth-order valence-corrected chi connectivity index (χ4v) is 1.98. The van der Waals surface area contributed by atoms with Crippen LogP contribution >= 0.6 is 0 Å². The minimum Gasteiger partial charge on any atom is -0.319 e. The Morgan fingerprint density at radius 3 is 3.12 bits per heavy atom. The number of anilines is 1. The maximum atomic E-state index is 13.1. The average molecular weight is 222 g/mol. The highest BCUT2D eigenvalue weighted by molar-refractivity contribution is 5.95. The smallest absolute Gasteiger partial charge is 0.228 e. The quantitative estimate of drug-likeness (QED) is 0.836. The third-order valence-corrected chi connectivity index (χ3v) is 2.83. The largest absolute Gasteiger partial charge is 0.319 e. The zero-order valence-corrected chi connectivity index (χ0v) is 9.29. The molecule has 0 bridgehead atoms. The molecule has 0 saturated carbocycles. The first-order valence-corrected chi connectivity index (χ1v) is 5.46. The highest BCUT2D eigenvalue weighted by atomic mass is 19.1. The van der Waals surface area contributed by atoms with Gasteiger partial charge in [0.2, 0.25) is 5.91 Å². The Morgan fingerprint density at radius 2 is 2.38 bits per heavy atom. The van der Waals surface area contributed by atoms with Crippen LogP contribution in [0, 0.1) is 5.82 Å². The number of benzene rings is 1. The number of hydrogen-bond donors (Lipinski definition) is 1. The summed E-state index contributed by atoms with van der Waals surface area (Å²) in [6, 6.07) is 4.65. The third-order valence-electron chi connectivity index (χ3n) is 2.83. The Kier molecular flexibility index (Phi) is 3.19. The topological polar surface area (TPSA) is 32.3 Å². The summed E-state index contributed by atoms with van der Waals surface area (Å²) in [5.41, 5.74) is 1.79. The molecule has 0 fully saturated rings. The number of fused-ring (bicyclic) bond motifs is 1. The standard InChI is InChI=1S/C12H15FN2O/c1-14-6-4-12(16)15-7-5-9-2-3-10(13)8-11(9)15/h2-3,8,14H,4-7H2,1H3. The van der Waals surface area contributed by atoms with E-state index >= 15 is 0 Å². The van der Waals surface area contributed by atoms with E-state index in [2.05, 4.69) is 5.32 Å². The second-order valence-electron chi connectivity index (χ2n) is 3.92. The van der Waals surface area contributed by atoms with Crippen molar-refractivity contribution in [3.8, 4) is 0 Å². The molecule has 1 aliphatic rings. The van der Waals surface area contributed by atoms with Crippen LogP contribution in [0.4, 0.5) is 10.1 Å². The van der Waals surface area contributed by atoms with E-state index in [0.717, 1.165) is 17.7 Å². The molecular formula is C12H15FN2O. The van der Waals surface area contributed by atoms with Gasteiger partial charge in [-0.25, -0.2) is 4.39 Å². The minimum absolute atomic E-state index is 0.0544. The lowest BCUT2D eigenvalue weighted by Gasteiger charge is -2.17. The Labute approximate surface area is 94.3 Å². The van der Waals surface area contributed by atoms with Gasteiger partial charge in [0.05, 0.1) is 0 Å². The summed E-state index contributed by atoms with van der Waals surface area (Å²) in [5.74, 6) is -0.231. The number of amides is 1. The van der Waals surface area contributed by atoms with Crippen LogP contribution in [0.15, 0.2) is 18.2 Å². The molecule has 0 spiro atoms. The molecule has 16 heavy (non-hydrogen) atoms. The van der Waals surface area contributed by atoms with Gasteiger partial charge in [0, 0.05) is 25.2 Å². The van der Waals surface area contributed by atoms with Crippen LogP contribution in [0.5, 0.6) is 0 Å². The molecule has 1 aromatic carbocycles. The van der Waals surface area contributed by atoms with E-state index in [1.165, 1.54) is 12.1 Å². The average Bonchev–Trinajstić information content (AvgIpc) is 2.68. The second kappa shape index (κ2) is 4.61. The molecule has 0 saturated heterocycles. The number of halogens is 1. The summed E-state index contributed by atoms with van der Waals surface area (Å²) in [6.45, 7) is 1.32. The molecule has 1 aliphatic heterocycles. The Bertz CT molecular complexity index is 406. The molecule has 1 N–H and O–H groups in total. The van der Waals surface area contributed by atoms with Gasteiger partial charge in [0.25, 0.3) is 0 Å². The Hall–Kier alpha value is -1.42. The summed E-state index contributed by atoms with van der Waals surface area (Å²) in [7, 11) is 1.81. The van der Waals surface area contributed by atoms with Crippen molar-refractivity contribution in [2.24, 2.45) is 0 Å². The summed E-state index contributed by atoms with van der Waals surface area (Å²) < 4.78 is 13.1. The predicted molar refractivity (Wildman–Crippen MR) is 61.0 cm³/mol. The predicted octanol–water partition coefficient (Wildman–Crippen LogP) is 1.32. The van der Waals surface area contributed by atoms with E-state index in [9.17, 15) is 9.18 Å². The normalized spacial score (nSPS) is 14.0. The van der Waals surface area contributed by atoms with Gasteiger partial charge in [-0.3, -0.25) is 4.79 Å². The van der Waals surface area contributed by atoms with Crippen molar-refractivity contribution in [1.29, 1.82) is 0 Å². The van der Waals surface area contributed by atoms with E-state index in [1.807, 2.05) is 7.05 Å². The maximum absolute atomic E-state index is 13.1. The molecule has 4 heteroatoms. The second-order valence-corrected chi connectivity index (χ2v) is 3.92. The Morgan fingerprint density at radius 1 is 1.56 bits per heavy atom. The van der Waals surface area contributed by atoms with Gasteiger partial charge >= 0.3 is 0 Å². The molecule has 0 aliphatic carbocycles. The van der Waals surface area contributed by atoms with E-state index in [1.54, 1.807) is 11.0 Å². The SMILES string of the molecule is CNCCC(=O)N1CCc2ccc(F)cc21. The van der Waals surface area contributed by atoms with Crippen LogP contribution in [0.25, 0.3) is 0 Å². The zero-order chi connectivity index (χ0) is 11.5. The van der Waals surface area contributed by atoms with Crippen LogP contribution < -0.4 is 10.2 Å². The van der Waals surface area contributed by atoms with Crippen molar-refractivity contribution in [3.05, 3.63) is 29.6 Å². The summed E-state index contributed by atoms with van der Waals surface area (Å²) in [5, 5.41) is 2.94. The summed E-state index contributed by atoms with van der Waals surface area (Å²) >= 11 is 0. The lowest BCUT2D eigenvalue weighted by molar-refractivity contribution is -0.118. The molecule has 0 unspecified atom stereocenters. The fourth-order valence-electron chi connectivity index (χ4n) is 1.98. The number of nitrogens with zero attached hydrogens (tertiary/aromatic N) is 1. The lowest BCUT2D eigenvalue weighted by Crippen LogP contribution is -2.31. The van der Waals surface area contributed by atoms with Gasteiger partial charge in [0.1, 0.15) is 5.82 Å². The van der Waals surface area contributed by atoms with Gasteiger partial charge < -0.3 is 10.2 Å². The van der Waals surface area contributed by atoms with Crippen LogP contribution in [0.2, 0.25) is 0 Å². The molecule has 0 radical (unpaired) electrons. The van der Waals surface area contributed by atoms with E-state index in [4.69, 9.17) is 0 Å². The van der Waals surface area contributed by atoms with Crippen LogP contribution in [-0.2, 0) is 11.2 Å². The molecule has 2 rings (SSSR count). The van der Waals surface area contributed by atoms with Crippen LogP contribution in [0.3, 0.4) is 0 Å². The first kappa shape index (κ1) is 11.1. The van der Waals surface area contributed by atoms with Crippen LogP contribution in [-0.4, -0.2) is 26.0 Å². The van der Waals surface area contributed by atoms with Crippen molar-refractivity contribution in [1.82, 2.24) is 5.32 Å². The summed E-state index contributed by atoms with van der Waals surface area (Å²) in [4.78, 5) is 13.5. The highest BCUT2D eigenvalue weighted by Crippen LogP contribution is 2.28. The number of carbonyl (C=O) groups excluding carboxylic acids is 1. The van der Waals surface area contributed by atoms with Crippen molar-refractivity contribution in [2.45, 2.75) is 12.8 Å². The maximum Gasteiger partial charge on any atom is 0.228 e. The van der Waals surface area contributed by atoms with Gasteiger partial charge in [-0.1, -0.05) is 6.07 Å². The first-order chi connectivity index (χ1) is 7.72. The molecule has 86 valence electrons. The Balaban J connectivity index is 2.16. The number of carbonyl (C=O) groups is 1. The highest BCUT2D eigenvalue weighted by Gasteiger charge is 2.24. The van der Waals surface area contributed by atoms with Crippen molar-refractivity contribution in [3.63, 3.8) is 0 Å². The zero-order valence-electron chi connectivity index (χ0n) is 9.29. The summed E-state index contributed by atoms with van der Waals surface area (Å²) in [6.07, 6.45) is 1.27. The molecule has 1 heterocycles. The first-order valence-electron chi connectivity index (χ1n) is 5.46. The van der Waals surface area contributed by atoms with E-state index in [-0.39, 0.29) is 11.7 Å². The fraction of sp³-hybridized carbons (Fsp3) is 0.417. The molecule has 0 aromatic heterocycles. The number of hydrogen-bond acceptors (Lipinski definition) is 2. The van der Waals surface area contributed by atoms with Gasteiger partial charge in [-0.05, 0) is 31.2 Å². The van der Waals surface area contributed by atoms with Gasteiger partial charge in [0.15, 0.2) is 0 Å². The monoisotopic (exact) mass is 222 g/mol. The molecule has 0 atom stereocenters. The minimum atomic E-state index is -0.285. The van der Waals surface area contributed by atoms with Gasteiger partial charge in [-0.15, -0.1) is 0 Å². The molecule has 3 nitrogen and oxygen atoms in total.